The number of aliphatic hydroxyl groups excluding tert-OH is 1. The number of carbonyl (C=O) groups is 3. The fourth-order valence-corrected chi connectivity index (χ4v) is 5.68. The van der Waals surface area contributed by atoms with E-state index < -0.39 is 17.7 Å². The standard InChI is InChI=1S/C29H31N9O6S/c1-3-18-23(44-15(2)34-18)27(42)36-29-38(26-21(45-29)13-17(14-33-26)25(31)41)8-5-4-7-37-22-19(35-28(37)32)11-16(24(30)40)12-20(22)43-10-6-9-39/h4-5,11-14,39H,3,6-10H2,1-2H3,(H2,30,40)(H2,31,41)(H2,32,35)/b5-4+,36-29?. The van der Waals surface area contributed by atoms with Gasteiger partial charge in [-0.25, -0.2) is 15.0 Å². The van der Waals surface area contributed by atoms with Gasteiger partial charge in [0.25, 0.3) is 0 Å². The molecule has 45 heavy (non-hydrogen) atoms. The summed E-state index contributed by atoms with van der Waals surface area (Å²) < 4.78 is 15.4. The van der Waals surface area contributed by atoms with Crippen molar-refractivity contribution in [3.8, 4) is 5.75 Å². The Hall–Kier alpha value is -5.35. The molecule has 5 aromatic rings. The van der Waals surface area contributed by atoms with Gasteiger partial charge in [0.2, 0.25) is 23.5 Å². The average molecular weight is 634 g/mol. The zero-order valence-electron chi connectivity index (χ0n) is 24.5. The monoisotopic (exact) mass is 633 g/mol. The number of oxazole rings is 1. The molecule has 0 radical (unpaired) electrons. The third-order valence-corrected chi connectivity index (χ3v) is 7.77. The molecule has 5 rings (SSSR count). The first kappa shape index (κ1) is 31.1. The van der Waals surface area contributed by atoms with Gasteiger partial charge in [-0.2, -0.15) is 4.99 Å². The number of hydrogen-bond donors (Lipinski definition) is 4. The lowest BCUT2D eigenvalue weighted by molar-refractivity contribution is 0.0966. The molecule has 3 amide bonds. The Kier molecular flexibility index (Phi) is 9.06. The van der Waals surface area contributed by atoms with Gasteiger partial charge in [0.15, 0.2) is 16.3 Å². The number of anilines is 1. The molecule has 0 spiro atoms. The molecule has 4 heterocycles. The van der Waals surface area contributed by atoms with Gasteiger partial charge in [0.05, 0.1) is 28.1 Å². The molecule has 0 fully saturated rings. The highest BCUT2D eigenvalue weighted by Gasteiger charge is 2.19. The van der Waals surface area contributed by atoms with Crippen LogP contribution in [0.25, 0.3) is 21.4 Å². The number of ether oxygens (including phenoxy) is 1. The SMILES string of the molecule is CCc1nc(C)oc1C(=O)N=c1sc2cc(C(N)=O)cnc2n1C/C=C/Cn1c(N)nc2cc(C(N)=O)cc(OCCCO)c21. The molecule has 0 unspecified atom stereocenters. The van der Waals surface area contributed by atoms with E-state index in [9.17, 15) is 19.5 Å². The summed E-state index contributed by atoms with van der Waals surface area (Å²) in [5.41, 5.74) is 19.6. The number of aromatic nitrogens is 5. The van der Waals surface area contributed by atoms with Gasteiger partial charge in [-0.05, 0) is 24.6 Å². The van der Waals surface area contributed by atoms with E-state index in [2.05, 4.69) is 19.9 Å². The second kappa shape index (κ2) is 13.1. The maximum atomic E-state index is 13.2. The number of aliphatic hydroxyl groups is 1. The van der Waals surface area contributed by atoms with Crippen LogP contribution in [-0.4, -0.2) is 60.1 Å². The van der Waals surface area contributed by atoms with Crippen LogP contribution in [0, 0.1) is 6.92 Å². The molecule has 0 atom stereocenters. The number of nitrogens with two attached hydrogens (primary N) is 3. The maximum Gasteiger partial charge on any atom is 0.317 e. The summed E-state index contributed by atoms with van der Waals surface area (Å²) in [6.45, 7) is 4.20. The lowest BCUT2D eigenvalue weighted by atomic mass is 10.1. The van der Waals surface area contributed by atoms with Gasteiger partial charge >= 0.3 is 5.91 Å². The summed E-state index contributed by atoms with van der Waals surface area (Å²) in [4.78, 5) is 54.5. The minimum absolute atomic E-state index is 0.0614. The maximum absolute atomic E-state index is 13.2. The lowest BCUT2D eigenvalue weighted by Gasteiger charge is -2.11. The van der Waals surface area contributed by atoms with Crippen LogP contribution in [0.5, 0.6) is 5.75 Å². The van der Waals surface area contributed by atoms with Crippen LogP contribution in [0.2, 0.25) is 0 Å². The Bertz CT molecular complexity index is 2030. The first-order valence-electron chi connectivity index (χ1n) is 13.9. The number of hydrogen-bond acceptors (Lipinski definition) is 11. The average Bonchev–Trinajstić information content (AvgIpc) is 3.66. The van der Waals surface area contributed by atoms with Crippen LogP contribution in [0.1, 0.15) is 56.2 Å². The number of thiazole rings is 1. The summed E-state index contributed by atoms with van der Waals surface area (Å²) >= 11 is 1.18. The van der Waals surface area contributed by atoms with E-state index >= 15 is 0 Å². The fraction of sp³-hybridized carbons (Fsp3) is 0.276. The zero-order chi connectivity index (χ0) is 32.2. The molecular formula is C29H31N9O6S. The normalized spacial score (nSPS) is 12.1. The number of benzene rings is 1. The number of nitrogen functional groups attached to an aromatic ring is 1. The molecule has 15 nitrogen and oxygen atoms in total. The van der Waals surface area contributed by atoms with Crippen LogP contribution < -0.4 is 26.7 Å². The zero-order valence-corrected chi connectivity index (χ0v) is 25.3. The van der Waals surface area contributed by atoms with Crippen molar-refractivity contribution in [2.24, 2.45) is 16.5 Å². The van der Waals surface area contributed by atoms with Gasteiger partial charge in [-0.15, -0.1) is 0 Å². The van der Waals surface area contributed by atoms with Gasteiger partial charge in [-0.1, -0.05) is 30.4 Å². The Balaban J connectivity index is 1.50. The van der Waals surface area contributed by atoms with E-state index in [1.54, 1.807) is 22.1 Å². The van der Waals surface area contributed by atoms with E-state index in [0.717, 1.165) is 0 Å². The van der Waals surface area contributed by atoms with E-state index in [0.29, 0.717) is 56.4 Å². The predicted octanol–water partition coefficient (Wildman–Crippen LogP) is 1.85. The molecule has 0 aliphatic heterocycles. The molecule has 4 aromatic heterocycles. The van der Waals surface area contributed by atoms with Crippen LogP contribution in [0.15, 0.2) is 46.0 Å². The van der Waals surface area contributed by atoms with E-state index in [1.807, 2.05) is 19.1 Å². The topological polar surface area (TPSA) is 233 Å². The Morgan fingerprint density at radius 3 is 2.51 bits per heavy atom. The number of primary amides is 2. The molecule has 0 aliphatic carbocycles. The Labute approximate surface area is 259 Å². The third-order valence-electron chi connectivity index (χ3n) is 6.76. The number of rotatable bonds is 12. The molecule has 0 aliphatic rings. The highest BCUT2D eigenvalue weighted by atomic mass is 32.1. The van der Waals surface area contributed by atoms with Gasteiger partial charge < -0.3 is 36.0 Å². The van der Waals surface area contributed by atoms with Crippen LogP contribution in [0.4, 0.5) is 5.95 Å². The first-order chi connectivity index (χ1) is 21.6. The van der Waals surface area contributed by atoms with E-state index in [4.69, 9.17) is 26.4 Å². The number of pyridine rings is 1. The van der Waals surface area contributed by atoms with Crippen molar-refractivity contribution in [2.45, 2.75) is 39.8 Å². The summed E-state index contributed by atoms with van der Waals surface area (Å²) in [5.74, 6) is -0.882. The Morgan fingerprint density at radius 1 is 1.09 bits per heavy atom. The van der Waals surface area contributed by atoms with Crippen molar-refractivity contribution in [2.75, 3.05) is 18.9 Å². The van der Waals surface area contributed by atoms with Crippen molar-refractivity contribution in [3.63, 3.8) is 0 Å². The minimum Gasteiger partial charge on any atom is -0.491 e. The second-order valence-electron chi connectivity index (χ2n) is 9.87. The largest absolute Gasteiger partial charge is 0.491 e. The number of carbonyl (C=O) groups excluding carboxylic acids is 3. The number of amides is 3. The van der Waals surface area contributed by atoms with Crippen LogP contribution >= 0.6 is 11.3 Å². The summed E-state index contributed by atoms with van der Waals surface area (Å²) in [6, 6.07) is 4.66. The van der Waals surface area contributed by atoms with Crippen molar-refractivity contribution < 1.29 is 28.6 Å². The van der Waals surface area contributed by atoms with Gasteiger partial charge in [-0.3, -0.25) is 19.0 Å². The van der Waals surface area contributed by atoms with E-state index in [-0.39, 0.29) is 49.1 Å². The Morgan fingerprint density at radius 2 is 1.82 bits per heavy atom. The van der Waals surface area contributed by atoms with Crippen molar-refractivity contribution >= 4 is 56.4 Å². The van der Waals surface area contributed by atoms with Crippen LogP contribution in [-0.2, 0) is 19.5 Å². The number of imidazole rings is 1. The summed E-state index contributed by atoms with van der Waals surface area (Å²) in [7, 11) is 0. The van der Waals surface area contributed by atoms with Crippen molar-refractivity contribution in [3.05, 3.63) is 69.8 Å². The van der Waals surface area contributed by atoms with E-state index in [1.165, 1.54) is 29.7 Å². The molecule has 16 heteroatoms. The van der Waals surface area contributed by atoms with Crippen molar-refractivity contribution in [1.29, 1.82) is 0 Å². The molecule has 0 saturated carbocycles. The number of allylic oxidation sites excluding steroid dienone is 2. The van der Waals surface area contributed by atoms with Crippen molar-refractivity contribution in [1.82, 2.24) is 24.1 Å². The van der Waals surface area contributed by atoms with Gasteiger partial charge in [0.1, 0.15) is 11.3 Å². The quantitative estimate of drug-likeness (QED) is 0.115. The molecule has 1 aromatic carbocycles. The lowest BCUT2D eigenvalue weighted by Crippen LogP contribution is -2.17. The fourth-order valence-electron chi connectivity index (χ4n) is 4.65. The van der Waals surface area contributed by atoms with Gasteiger partial charge in [0, 0.05) is 44.8 Å². The molecule has 7 N–H and O–H groups in total. The predicted molar refractivity (Wildman–Crippen MR) is 166 cm³/mol. The number of nitrogens with zero attached hydrogens (tertiary/aromatic N) is 6. The highest BCUT2D eigenvalue weighted by molar-refractivity contribution is 7.16. The number of fused-ring (bicyclic) bond motifs is 2. The first-order valence-corrected chi connectivity index (χ1v) is 14.8. The molecule has 234 valence electrons. The third kappa shape index (κ3) is 6.46. The minimum atomic E-state index is -0.641. The van der Waals surface area contributed by atoms with Crippen LogP contribution in [0.3, 0.4) is 0 Å². The summed E-state index contributed by atoms with van der Waals surface area (Å²) in [6.07, 6.45) is 5.93. The molecule has 0 saturated heterocycles. The number of aryl methyl sites for hydroxylation is 2. The highest BCUT2D eigenvalue weighted by Crippen LogP contribution is 2.30. The summed E-state index contributed by atoms with van der Waals surface area (Å²) in [5, 5.41) is 9.17. The smallest absolute Gasteiger partial charge is 0.317 e. The molecule has 0 bridgehead atoms. The molecular weight excluding hydrogens is 602 g/mol. The second-order valence-corrected chi connectivity index (χ2v) is 10.9.